The van der Waals surface area contributed by atoms with Crippen LogP contribution >= 0.6 is 0 Å². The predicted molar refractivity (Wildman–Crippen MR) is 102 cm³/mol. The van der Waals surface area contributed by atoms with Crippen LogP contribution in [-0.4, -0.2) is 26.7 Å². The second-order valence-electron chi connectivity index (χ2n) is 5.57. The van der Waals surface area contributed by atoms with Crippen molar-refractivity contribution >= 4 is 5.96 Å². The Kier molecular flexibility index (Phi) is 7.79. The van der Waals surface area contributed by atoms with Crippen molar-refractivity contribution in [3.05, 3.63) is 65.2 Å². The van der Waals surface area contributed by atoms with Crippen LogP contribution in [0.15, 0.2) is 53.5 Å². The fourth-order valence-electron chi connectivity index (χ4n) is 2.45. The molecule has 0 saturated carbocycles. The maximum absolute atomic E-state index is 5.65. The van der Waals surface area contributed by atoms with Gasteiger partial charge in [0.05, 0.1) is 13.2 Å². The highest BCUT2D eigenvalue weighted by molar-refractivity contribution is 5.79. The lowest BCUT2D eigenvalue weighted by Gasteiger charge is -2.14. The molecule has 0 aliphatic rings. The van der Waals surface area contributed by atoms with Gasteiger partial charge < -0.3 is 20.1 Å². The Morgan fingerprint density at radius 2 is 1.64 bits per heavy atom. The standard InChI is InChI=1S/C20H27N3O2/c1-4-25-19-8-6-5-7-18(19)14-23-20(21-2)22-13-16-9-11-17(12-10-16)15-24-3/h5-12H,4,13-15H2,1-3H3,(H2,21,22,23). The van der Waals surface area contributed by atoms with E-state index >= 15 is 0 Å². The Bertz CT molecular complexity index is 669. The topological polar surface area (TPSA) is 54.9 Å². The Morgan fingerprint density at radius 3 is 2.32 bits per heavy atom. The Balaban J connectivity index is 1.86. The van der Waals surface area contributed by atoms with Gasteiger partial charge in [-0.3, -0.25) is 4.99 Å². The number of aliphatic imine (C=N–C) groups is 1. The van der Waals surface area contributed by atoms with E-state index in [0.29, 0.717) is 26.3 Å². The molecule has 0 heterocycles. The maximum atomic E-state index is 5.65. The number of nitrogens with zero attached hydrogens (tertiary/aromatic N) is 1. The number of nitrogens with one attached hydrogen (secondary N) is 2. The minimum absolute atomic E-state index is 0.635. The molecule has 25 heavy (non-hydrogen) atoms. The molecule has 2 rings (SSSR count). The van der Waals surface area contributed by atoms with Gasteiger partial charge in [-0.2, -0.15) is 0 Å². The van der Waals surface area contributed by atoms with Crippen molar-refractivity contribution in [3.8, 4) is 5.75 Å². The molecule has 0 amide bonds. The number of benzene rings is 2. The van der Waals surface area contributed by atoms with Gasteiger partial charge in [0.1, 0.15) is 5.75 Å². The van der Waals surface area contributed by atoms with Crippen molar-refractivity contribution in [3.63, 3.8) is 0 Å². The summed E-state index contributed by atoms with van der Waals surface area (Å²) in [6.07, 6.45) is 0. The van der Waals surface area contributed by atoms with Gasteiger partial charge in [0.25, 0.3) is 0 Å². The fourth-order valence-corrected chi connectivity index (χ4v) is 2.45. The van der Waals surface area contributed by atoms with E-state index in [1.165, 1.54) is 11.1 Å². The molecule has 0 fully saturated rings. The van der Waals surface area contributed by atoms with Gasteiger partial charge in [0.2, 0.25) is 0 Å². The van der Waals surface area contributed by atoms with Crippen molar-refractivity contribution in [2.45, 2.75) is 26.6 Å². The molecule has 0 bridgehead atoms. The SMILES string of the molecule is CCOc1ccccc1CNC(=NC)NCc1ccc(COC)cc1. The van der Waals surface area contributed by atoms with E-state index in [2.05, 4.69) is 46.0 Å². The lowest BCUT2D eigenvalue weighted by Crippen LogP contribution is -2.36. The van der Waals surface area contributed by atoms with Gasteiger partial charge in [0, 0.05) is 32.8 Å². The zero-order valence-corrected chi connectivity index (χ0v) is 15.2. The molecule has 2 aromatic carbocycles. The molecule has 2 N–H and O–H groups in total. The number of guanidine groups is 1. The van der Waals surface area contributed by atoms with Crippen LogP contribution < -0.4 is 15.4 Å². The second-order valence-corrected chi connectivity index (χ2v) is 5.57. The molecule has 0 atom stereocenters. The van der Waals surface area contributed by atoms with Crippen LogP contribution in [0.5, 0.6) is 5.75 Å². The first-order chi connectivity index (χ1) is 12.3. The number of rotatable bonds is 8. The first-order valence-corrected chi connectivity index (χ1v) is 8.48. The minimum Gasteiger partial charge on any atom is -0.494 e. The van der Waals surface area contributed by atoms with Gasteiger partial charge in [-0.25, -0.2) is 0 Å². The van der Waals surface area contributed by atoms with E-state index in [1.807, 2.05) is 25.1 Å². The first kappa shape index (κ1) is 18.8. The summed E-state index contributed by atoms with van der Waals surface area (Å²) in [6.45, 7) is 4.64. The first-order valence-electron chi connectivity index (χ1n) is 8.48. The van der Waals surface area contributed by atoms with Crippen molar-refractivity contribution in [1.82, 2.24) is 10.6 Å². The van der Waals surface area contributed by atoms with Gasteiger partial charge in [-0.15, -0.1) is 0 Å². The zero-order valence-electron chi connectivity index (χ0n) is 15.2. The predicted octanol–water partition coefficient (Wildman–Crippen LogP) is 3.10. The zero-order chi connectivity index (χ0) is 17.9. The summed E-state index contributed by atoms with van der Waals surface area (Å²) >= 11 is 0. The summed E-state index contributed by atoms with van der Waals surface area (Å²) < 4.78 is 10.8. The largest absolute Gasteiger partial charge is 0.494 e. The minimum atomic E-state index is 0.635. The van der Waals surface area contributed by atoms with Gasteiger partial charge in [0.15, 0.2) is 5.96 Å². The Morgan fingerprint density at radius 1 is 0.960 bits per heavy atom. The molecule has 2 aromatic rings. The van der Waals surface area contributed by atoms with E-state index in [0.717, 1.165) is 17.3 Å². The van der Waals surface area contributed by atoms with E-state index in [9.17, 15) is 0 Å². The van der Waals surface area contributed by atoms with E-state index in [4.69, 9.17) is 9.47 Å². The van der Waals surface area contributed by atoms with E-state index in [-0.39, 0.29) is 0 Å². The van der Waals surface area contributed by atoms with Gasteiger partial charge in [-0.05, 0) is 24.1 Å². The van der Waals surface area contributed by atoms with Crippen molar-refractivity contribution in [1.29, 1.82) is 0 Å². The van der Waals surface area contributed by atoms with Crippen LogP contribution in [0.4, 0.5) is 0 Å². The average Bonchev–Trinajstić information content (AvgIpc) is 2.65. The van der Waals surface area contributed by atoms with Crippen LogP contribution in [0.3, 0.4) is 0 Å². The fraction of sp³-hybridized carbons (Fsp3) is 0.350. The van der Waals surface area contributed by atoms with E-state index < -0.39 is 0 Å². The molecule has 0 aromatic heterocycles. The van der Waals surface area contributed by atoms with Crippen molar-refractivity contribution in [2.75, 3.05) is 20.8 Å². The summed E-state index contributed by atoms with van der Waals surface area (Å²) in [5.41, 5.74) is 3.47. The van der Waals surface area contributed by atoms with Crippen molar-refractivity contribution < 1.29 is 9.47 Å². The molecule has 0 radical (unpaired) electrons. The van der Waals surface area contributed by atoms with Crippen LogP contribution in [0.2, 0.25) is 0 Å². The lowest BCUT2D eigenvalue weighted by atomic mass is 10.1. The molecule has 0 unspecified atom stereocenters. The molecule has 134 valence electrons. The number of methoxy groups -OCH3 is 1. The third-order valence-electron chi connectivity index (χ3n) is 3.74. The molecule has 5 heteroatoms. The maximum Gasteiger partial charge on any atom is 0.191 e. The average molecular weight is 341 g/mol. The van der Waals surface area contributed by atoms with Crippen LogP contribution in [-0.2, 0) is 24.4 Å². The summed E-state index contributed by atoms with van der Waals surface area (Å²) in [4.78, 5) is 4.27. The molecular weight excluding hydrogens is 314 g/mol. The summed E-state index contributed by atoms with van der Waals surface area (Å²) in [5, 5.41) is 6.65. The van der Waals surface area contributed by atoms with E-state index in [1.54, 1.807) is 14.2 Å². The molecule has 0 aliphatic heterocycles. The van der Waals surface area contributed by atoms with Crippen molar-refractivity contribution in [2.24, 2.45) is 4.99 Å². The number of ether oxygens (including phenoxy) is 2. The second kappa shape index (κ2) is 10.4. The third kappa shape index (κ3) is 6.12. The summed E-state index contributed by atoms with van der Waals surface area (Å²) in [5.74, 6) is 1.66. The Hall–Kier alpha value is -2.53. The Labute approximate surface area is 150 Å². The van der Waals surface area contributed by atoms with Gasteiger partial charge in [-0.1, -0.05) is 42.5 Å². The molecule has 0 spiro atoms. The summed E-state index contributed by atoms with van der Waals surface area (Å²) in [7, 11) is 3.47. The smallest absolute Gasteiger partial charge is 0.191 e. The molecule has 0 aliphatic carbocycles. The number of para-hydroxylation sites is 1. The highest BCUT2D eigenvalue weighted by atomic mass is 16.5. The molecule has 0 saturated heterocycles. The number of hydrogen-bond donors (Lipinski definition) is 2. The number of hydrogen-bond acceptors (Lipinski definition) is 3. The summed E-state index contributed by atoms with van der Waals surface area (Å²) in [6, 6.07) is 16.4. The lowest BCUT2D eigenvalue weighted by molar-refractivity contribution is 0.185. The molecule has 5 nitrogen and oxygen atoms in total. The van der Waals surface area contributed by atoms with Crippen LogP contribution in [0.1, 0.15) is 23.6 Å². The van der Waals surface area contributed by atoms with Gasteiger partial charge >= 0.3 is 0 Å². The normalized spacial score (nSPS) is 11.2. The quantitative estimate of drug-likeness (QED) is 0.572. The third-order valence-corrected chi connectivity index (χ3v) is 3.74. The highest BCUT2D eigenvalue weighted by Crippen LogP contribution is 2.17. The van der Waals surface area contributed by atoms with Crippen LogP contribution in [0.25, 0.3) is 0 Å². The highest BCUT2D eigenvalue weighted by Gasteiger charge is 2.04. The monoisotopic (exact) mass is 341 g/mol. The van der Waals surface area contributed by atoms with Crippen LogP contribution in [0, 0.1) is 0 Å². The molecular formula is C20H27N3O2.